The minimum atomic E-state index is -0.896. The lowest BCUT2D eigenvalue weighted by atomic mass is 9.82. The number of carbonyl (C=O) groups excluding carboxylic acids is 3. The fourth-order valence-corrected chi connectivity index (χ4v) is 4.89. The summed E-state index contributed by atoms with van der Waals surface area (Å²) in [5.41, 5.74) is 11.1. The van der Waals surface area contributed by atoms with E-state index in [1.165, 1.54) is 17.1 Å². The molecule has 190 valence electrons. The first kappa shape index (κ1) is 25.5. The maximum absolute atomic E-state index is 13.2. The van der Waals surface area contributed by atoms with E-state index in [1.54, 1.807) is 6.92 Å². The van der Waals surface area contributed by atoms with Crippen LogP contribution in [-0.2, 0) is 30.3 Å². The molecule has 37 heavy (non-hydrogen) atoms. The summed E-state index contributed by atoms with van der Waals surface area (Å²) in [5, 5.41) is 5.54. The lowest BCUT2D eigenvalue weighted by Gasteiger charge is -2.45. The van der Waals surface area contributed by atoms with E-state index in [1.807, 2.05) is 36.4 Å². The molecule has 10 heteroatoms. The van der Waals surface area contributed by atoms with Crippen LogP contribution in [-0.4, -0.2) is 48.3 Å². The molecule has 2 aromatic carbocycles. The highest BCUT2D eigenvalue weighted by Crippen LogP contribution is 2.48. The number of hydrogen-bond donors (Lipinski definition) is 0. The average molecular weight is 503 g/mol. The van der Waals surface area contributed by atoms with Crippen LogP contribution in [0, 0.1) is 5.92 Å². The summed E-state index contributed by atoms with van der Waals surface area (Å²) in [6, 6.07) is 11.0. The van der Waals surface area contributed by atoms with Crippen molar-refractivity contribution in [3.05, 3.63) is 89.0 Å². The first-order chi connectivity index (χ1) is 17.9. The highest BCUT2D eigenvalue weighted by Gasteiger charge is 2.58. The van der Waals surface area contributed by atoms with Crippen molar-refractivity contribution in [3.8, 4) is 0 Å². The van der Waals surface area contributed by atoms with Crippen LogP contribution in [0.2, 0.25) is 0 Å². The van der Waals surface area contributed by atoms with Gasteiger partial charge in [0, 0.05) is 4.91 Å². The van der Waals surface area contributed by atoms with Gasteiger partial charge in [0.2, 0.25) is 5.91 Å². The van der Waals surface area contributed by atoms with Gasteiger partial charge in [0.1, 0.15) is 25.0 Å². The first-order valence-electron chi connectivity index (χ1n) is 11.7. The Morgan fingerprint density at radius 1 is 1.22 bits per heavy atom. The number of ether oxygens (including phenoxy) is 3. The molecule has 2 aliphatic heterocycles. The van der Waals surface area contributed by atoms with Crippen molar-refractivity contribution >= 4 is 34.4 Å². The van der Waals surface area contributed by atoms with Gasteiger partial charge >= 0.3 is 12.1 Å². The molecule has 2 heterocycles. The van der Waals surface area contributed by atoms with E-state index in [0.29, 0.717) is 17.6 Å². The Bertz CT molecular complexity index is 1360. The predicted octanol–water partition coefficient (Wildman–Crippen LogP) is 5.05. The van der Waals surface area contributed by atoms with Crippen LogP contribution in [0.25, 0.3) is 26.8 Å². The van der Waals surface area contributed by atoms with Crippen LogP contribution in [0.1, 0.15) is 24.5 Å². The smallest absolute Gasteiger partial charge is 0.457 e. The van der Waals surface area contributed by atoms with Gasteiger partial charge in [-0.25, -0.2) is 9.59 Å². The number of benzene rings is 2. The monoisotopic (exact) mass is 502 g/mol. The van der Waals surface area contributed by atoms with E-state index in [4.69, 9.17) is 19.7 Å². The summed E-state index contributed by atoms with van der Waals surface area (Å²) in [4.78, 5) is 42.6. The lowest BCUT2D eigenvalue weighted by molar-refractivity contribution is -0.162. The number of carbonyl (C=O) groups is 3. The van der Waals surface area contributed by atoms with Crippen molar-refractivity contribution in [2.75, 3.05) is 13.2 Å². The van der Waals surface area contributed by atoms with Crippen LogP contribution >= 0.6 is 0 Å². The molecule has 0 N–H and O–H groups in total. The first-order valence-corrected chi connectivity index (χ1v) is 11.7. The maximum atomic E-state index is 13.2. The van der Waals surface area contributed by atoms with E-state index in [0.717, 1.165) is 16.3 Å². The van der Waals surface area contributed by atoms with Gasteiger partial charge in [-0.15, -0.1) is 0 Å². The molecule has 0 spiro atoms. The standard InChI is InChI=1S/C27H26N4O6/c1-4-10-35-26(33)24-21(18-12-17-8-6-7-9-20(17)19(13-18)15-29-30-28)14-22-23(25(32)31(22)24)16(3)37-27(34)36-11-5-2/h4-9,12-13,16,22-23H,1-2,10-11,14-15H2,3H3/t16-,22-,23-/m1/s1. The van der Waals surface area contributed by atoms with Gasteiger partial charge in [-0.2, -0.15) is 0 Å². The van der Waals surface area contributed by atoms with Crippen LogP contribution in [0.3, 0.4) is 0 Å². The van der Waals surface area contributed by atoms with Gasteiger partial charge in [0.15, 0.2) is 0 Å². The number of amides is 1. The summed E-state index contributed by atoms with van der Waals surface area (Å²) in [6.07, 6.45) is 1.55. The zero-order valence-corrected chi connectivity index (χ0v) is 20.3. The highest BCUT2D eigenvalue weighted by molar-refractivity contribution is 6.07. The van der Waals surface area contributed by atoms with E-state index < -0.39 is 30.2 Å². The zero-order valence-electron chi connectivity index (χ0n) is 20.3. The molecule has 3 atom stereocenters. The Morgan fingerprint density at radius 3 is 2.68 bits per heavy atom. The van der Waals surface area contributed by atoms with Gasteiger partial charge in [0.05, 0.1) is 18.5 Å². The molecule has 0 aromatic heterocycles. The van der Waals surface area contributed by atoms with Crippen molar-refractivity contribution < 1.29 is 28.6 Å². The molecule has 2 aromatic rings. The molecular weight excluding hydrogens is 476 g/mol. The van der Waals surface area contributed by atoms with Crippen molar-refractivity contribution in [2.45, 2.75) is 32.0 Å². The third-order valence-electron chi connectivity index (χ3n) is 6.44. The Balaban J connectivity index is 1.72. The van der Waals surface area contributed by atoms with Crippen LogP contribution < -0.4 is 0 Å². The number of hydrogen-bond acceptors (Lipinski definition) is 7. The van der Waals surface area contributed by atoms with Crippen LogP contribution in [0.15, 0.2) is 72.5 Å². The summed E-state index contributed by atoms with van der Waals surface area (Å²) in [6.45, 7) is 8.78. The Labute approximate surface area is 213 Å². The third-order valence-corrected chi connectivity index (χ3v) is 6.44. The Morgan fingerprint density at radius 2 is 1.95 bits per heavy atom. The zero-order chi connectivity index (χ0) is 26.5. The number of esters is 1. The van der Waals surface area contributed by atoms with Crippen molar-refractivity contribution in [2.24, 2.45) is 11.0 Å². The molecule has 1 amide bonds. The number of nitrogens with zero attached hydrogens (tertiary/aromatic N) is 4. The molecule has 2 aliphatic rings. The van der Waals surface area contributed by atoms with Crippen LogP contribution in [0.5, 0.6) is 0 Å². The van der Waals surface area contributed by atoms with E-state index in [-0.39, 0.29) is 31.4 Å². The Kier molecular flexibility index (Phi) is 7.60. The molecule has 0 saturated carbocycles. The number of azide groups is 1. The summed E-state index contributed by atoms with van der Waals surface area (Å²) in [7, 11) is 0. The van der Waals surface area contributed by atoms with Gasteiger partial charge < -0.3 is 19.1 Å². The third kappa shape index (κ3) is 4.92. The second kappa shape index (κ2) is 11.0. The highest BCUT2D eigenvalue weighted by atomic mass is 16.7. The molecule has 1 saturated heterocycles. The summed E-state index contributed by atoms with van der Waals surface area (Å²) in [5.74, 6) is -1.64. The van der Waals surface area contributed by atoms with Crippen LogP contribution in [0.4, 0.5) is 4.79 Å². The second-order valence-electron chi connectivity index (χ2n) is 8.64. The van der Waals surface area contributed by atoms with Crippen molar-refractivity contribution in [1.82, 2.24) is 4.90 Å². The van der Waals surface area contributed by atoms with Gasteiger partial charge in [0.25, 0.3) is 0 Å². The quantitative estimate of drug-likeness (QED) is 0.112. The van der Waals surface area contributed by atoms with E-state index >= 15 is 0 Å². The average Bonchev–Trinajstić information content (AvgIpc) is 3.24. The molecule has 4 rings (SSSR count). The fourth-order valence-electron chi connectivity index (χ4n) is 4.89. The molecule has 0 radical (unpaired) electrons. The number of rotatable bonds is 10. The number of fused-ring (bicyclic) bond motifs is 2. The summed E-state index contributed by atoms with van der Waals surface area (Å²) < 4.78 is 15.5. The minimum absolute atomic E-state index is 0.00907. The van der Waals surface area contributed by atoms with E-state index in [9.17, 15) is 14.4 Å². The molecule has 0 unspecified atom stereocenters. The topological polar surface area (TPSA) is 131 Å². The molecular formula is C27H26N4O6. The normalized spacial score (nSPS) is 18.8. The molecule has 0 bridgehead atoms. The van der Waals surface area contributed by atoms with Crippen molar-refractivity contribution in [1.29, 1.82) is 0 Å². The SMILES string of the molecule is C=CCOC(=O)O[C@H](C)[C@H]1C(=O)N2C(C(=O)OCC=C)=C(c3cc(CN=[N+]=[N-])c4ccccc4c3)C[C@H]12. The van der Waals surface area contributed by atoms with Gasteiger partial charge in [-0.05, 0) is 52.4 Å². The molecule has 10 nitrogen and oxygen atoms in total. The lowest BCUT2D eigenvalue weighted by Crippen LogP contribution is -2.62. The van der Waals surface area contributed by atoms with Gasteiger partial charge in [-0.1, -0.05) is 60.8 Å². The fraction of sp³-hybridized carbons (Fsp3) is 0.296. The largest absolute Gasteiger partial charge is 0.508 e. The molecule has 1 fully saturated rings. The predicted molar refractivity (Wildman–Crippen MR) is 136 cm³/mol. The molecule has 0 aliphatic carbocycles. The minimum Gasteiger partial charge on any atom is -0.457 e. The summed E-state index contributed by atoms with van der Waals surface area (Å²) >= 11 is 0. The Hall–Kier alpha value is -4.56. The second-order valence-corrected chi connectivity index (χ2v) is 8.64. The maximum Gasteiger partial charge on any atom is 0.508 e. The number of β-lactam (4-membered cyclic amide) rings is 1. The van der Waals surface area contributed by atoms with Crippen molar-refractivity contribution in [3.63, 3.8) is 0 Å². The van der Waals surface area contributed by atoms with E-state index in [2.05, 4.69) is 23.2 Å². The van der Waals surface area contributed by atoms with Gasteiger partial charge in [-0.3, -0.25) is 4.79 Å².